The summed E-state index contributed by atoms with van der Waals surface area (Å²) in [4.78, 5) is 0. The molecule has 2 heterocycles. The van der Waals surface area contributed by atoms with Crippen LogP contribution in [0.25, 0.3) is 0 Å². The molecule has 2 unspecified atom stereocenters. The summed E-state index contributed by atoms with van der Waals surface area (Å²) in [6.07, 6.45) is 5.70. The number of ether oxygens (including phenoxy) is 2. The van der Waals surface area contributed by atoms with E-state index in [4.69, 9.17) is 9.47 Å². The Balaban J connectivity index is 1.71. The molecule has 2 aliphatic rings. The first kappa shape index (κ1) is 20.2. The number of hydrogen-bond acceptors (Lipinski definition) is 3. The SMILES string of the molecule is COc1cccc(C(O)(CC2CC3CCC(C2)[N+]3(C)C)c2cccc(OC)c2)c1. The van der Waals surface area contributed by atoms with Gasteiger partial charge in [-0.15, -0.1) is 0 Å². The molecule has 0 aliphatic carbocycles. The lowest BCUT2D eigenvalue weighted by molar-refractivity contribution is -0.931. The molecule has 4 heteroatoms. The molecule has 4 rings (SSSR count). The molecule has 2 fully saturated rings. The van der Waals surface area contributed by atoms with Gasteiger partial charge in [0.1, 0.15) is 17.1 Å². The van der Waals surface area contributed by atoms with Crippen LogP contribution in [0.3, 0.4) is 0 Å². The molecule has 2 aromatic carbocycles. The summed E-state index contributed by atoms with van der Waals surface area (Å²) in [5, 5.41) is 12.2. The van der Waals surface area contributed by atoms with Crippen LogP contribution < -0.4 is 9.47 Å². The van der Waals surface area contributed by atoms with Crippen LogP contribution in [0.1, 0.15) is 43.2 Å². The van der Waals surface area contributed by atoms with Crippen LogP contribution in [0.15, 0.2) is 48.5 Å². The molecular formula is C25H34NO3+. The van der Waals surface area contributed by atoms with Crippen molar-refractivity contribution in [2.45, 2.75) is 49.8 Å². The van der Waals surface area contributed by atoms with E-state index in [-0.39, 0.29) is 0 Å². The van der Waals surface area contributed by atoms with E-state index in [0.29, 0.717) is 18.0 Å². The van der Waals surface area contributed by atoms with Crippen LogP contribution >= 0.6 is 0 Å². The van der Waals surface area contributed by atoms with Gasteiger partial charge in [0, 0.05) is 25.7 Å². The number of rotatable bonds is 6. The predicted octanol–water partition coefficient (Wildman–Crippen LogP) is 4.35. The van der Waals surface area contributed by atoms with Gasteiger partial charge in [-0.2, -0.15) is 0 Å². The number of benzene rings is 2. The molecule has 156 valence electrons. The molecule has 1 N–H and O–H groups in total. The highest BCUT2D eigenvalue weighted by atomic mass is 16.5. The Morgan fingerprint density at radius 2 is 1.38 bits per heavy atom. The van der Waals surface area contributed by atoms with Gasteiger partial charge in [0.25, 0.3) is 0 Å². The number of aliphatic hydroxyl groups is 1. The molecule has 0 spiro atoms. The van der Waals surface area contributed by atoms with E-state index >= 15 is 0 Å². The quantitative estimate of drug-likeness (QED) is 0.738. The first-order valence-corrected chi connectivity index (χ1v) is 10.7. The van der Waals surface area contributed by atoms with E-state index in [0.717, 1.165) is 33.5 Å². The van der Waals surface area contributed by atoms with Gasteiger partial charge in [-0.3, -0.25) is 0 Å². The predicted molar refractivity (Wildman–Crippen MR) is 115 cm³/mol. The summed E-state index contributed by atoms with van der Waals surface area (Å²) in [5.41, 5.74) is 0.704. The summed E-state index contributed by atoms with van der Waals surface area (Å²) < 4.78 is 12.1. The first-order valence-electron chi connectivity index (χ1n) is 10.7. The van der Waals surface area contributed by atoms with Gasteiger partial charge in [-0.1, -0.05) is 24.3 Å². The van der Waals surface area contributed by atoms with Crippen LogP contribution in [-0.4, -0.2) is 50.0 Å². The maximum Gasteiger partial charge on any atom is 0.119 e. The van der Waals surface area contributed by atoms with Gasteiger partial charge < -0.3 is 19.1 Å². The minimum atomic E-state index is -1.07. The highest BCUT2D eigenvalue weighted by Crippen LogP contribution is 2.47. The van der Waals surface area contributed by atoms with Crippen molar-refractivity contribution in [3.8, 4) is 11.5 Å². The number of nitrogens with zero attached hydrogens (tertiary/aromatic N) is 1. The largest absolute Gasteiger partial charge is 0.497 e. The van der Waals surface area contributed by atoms with Crippen molar-refractivity contribution in [2.24, 2.45) is 5.92 Å². The van der Waals surface area contributed by atoms with E-state index in [9.17, 15) is 5.11 Å². The molecule has 0 aromatic heterocycles. The average Bonchev–Trinajstić information content (AvgIpc) is 2.89. The molecule has 2 atom stereocenters. The lowest BCUT2D eigenvalue weighted by atomic mass is 9.75. The monoisotopic (exact) mass is 396 g/mol. The van der Waals surface area contributed by atoms with Crippen molar-refractivity contribution in [3.05, 3.63) is 59.7 Å². The Bertz CT molecular complexity index is 799. The van der Waals surface area contributed by atoms with Crippen molar-refractivity contribution in [2.75, 3.05) is 28.3 Å². The maximum atomic E-state index is 12.2. The third kappa shape index (κ3) is 3.64. The molecule has 2 aromatic rings. The Kier molecular flexibility index (Phi) is 5.34. The number of methoxy groups -OCH3 is 2. The fraction of sp³-hybridized carbons (Fsp3) is 0.520. The summed E-state index contributed by atoms with van der Waals surface area (Å²) >= 11 is 0. The van der Waals surface area contributed by atoms with Crippen LogP contribution in [0.5, 0.6) is 11.5 Å². The van der Waals surface area contributed by atoms with Crippen molar-refractivity contribution >= 4 is 0 Å². The van der Waals surface area contributed by atoms with Crippen molar-refractivity contribution in [1.82, 2.24) is 0 Å². The molecule has 29 heavy (non-hydrogen) atoms. The van der Waals surface area contributed by atoms with E-state index in [2.05, 4.69) is 14.1 Å². The summed E-state index contributed by atoms with van der Waals surface area (Å²) in [6, 6.07) is 17.2. The van der Waals surface area contributed by atoms with Gasteiger partial charge in [0.15, 0.2) is 0 Å². The van der Waals surface area contributed by atoms with Crippen LogP contribution in [0.2, 0.25) is 0 Å². The third-order valence-electron chi connectivity index (χ3n) is 7.60. The van der Waals surface area contributed by atoms with Gasteiger partial charge in [-0.05, 0) is 47.7 Å². The molecule has 0 amide bonds. The van der Waals surface area contributed by atoms with Crippen LogP contribution in [-0.2, 0) is 5.60 Å². The smallest absolute Gasteiger partial charge is 0.119 e. The molecule has 0 saturated carbocycles. The van der Waals surface area contributed by atoms with E-state index in [1.54, 1.807) is 14.2 Å². The second-order valence-corrected chi connectivity index (χ2v) is 9.38. The maximum absolute atomic E-state index is 12.2. The molecule has 4 nitrogen and oxygen atoms in total. The minimum Gasteiger partial charge on any atom is -0.497 e. The molecule has 2 saturated heterocycles. The Hall–Kier alpha value is -2.04. The lowest BCUT2D eigenvalue weighted by Gasteiger charge is -2.46. The standard InChI is InChI=1S/C25H34NO3/c1-26(2)21-11-12-22(26)14-18(13-21)17-25(27,19-7-5-9-23(15-19)28-3)20-8-6-10-24(16-20)29-4/h5-10,15-16,18,21-22,27H,11-14,17H2,1-4H3/q+1. The van der Waals surface area contributed by atoms with Crippen LogP contribution in [0, 0.1) is 5.92 Å². The summed E-state index contributed by atoms with van der Waals surface area (Å²) in [6.45, 7) is 0. The normalized spacial score (nSPS) is 25.6. The van der Waals surface area contributed by atoms with E-state index < -0.39 is 5.60 Å². The van der Waals surface area contributed by atoms with Gasteiger partial charge in [0.05, 0.1) is 40.4 Å². The number of fused-ring (bicyclic) bond motifs is 2. The molecule has 2 aliphatic heterocycles. The zero-order valence-electron chi connectivity index (χ0n) is 18.1. The number of piperidine rings is 1. The zero-order chi connectivity index (χ0) is 20.6. The topological polar surface area (TPSA) is 38.7 Å². The Morgan fingerprint density at radius 1 is 0.897 bits per heavy atom. The number of hydrogen-bond donors (Lipinski definition) is 1. The second-order valence-electron chi connectivity index (χ2n) is 9.38. The zero-order valence-corrected chi connectivity index (χ0v) is 18.1. The fourth-order valence-electron chi connectivity index (χ4n) is 5.74. The van der Waals surface area contributed by atoms with Gasteiger partial charge >= 0.3 is 0 Å². The Morgan fingerprint density at radius 3 is 1.83 bits per heavy atom. The van der Waals surface area contributed by atoms with E-state index in [1.807, 2.05) is 48.5 Å². The summed E-state index contributed by atoms with van der Waals surface area (Å²) in [7, 11) is 8.11. The van der Waals surface area contributed by atoms with Crippen molar-refractivity contribution in [3.63, 3.8) is 0 Å². The first-order chi connectivity index (χ1) is 13.9. The van der Waals surface area contributed by atoms with E-state index in [1.165, 1.54) is 25.7 Å². The molecule has 0 radical (unpaired) electrons. The van der Waals surface area contributed by atoms with Crippen molar-refractivity contribution in [1.29, 1.82) is 0 Å². The summed E-state index contributed by atoms with van der Waals surface area (Å²) in [5.74, 6) is 2.04. The second kappa shape index (κ2) is 7.66. The fourth-order valence-corrected chi connectivity index (χ4v) is 5.74. The minimum absolute atomic E-state index is 0.501. The highest BCUT2D eigenvalue weighted by Gasteiger charge is 2.50. The van der Waals surface area contributed by atoms with Gasteiger partial charge in [0.2, 0.25) is 0 Å². The highest BCUT2D eigenvalue weighted by molar-refractivity contribution is 5.42. The van der Waals surface area contributed by atoms with Gasteiger partial charge in [-0.25, -0.2) is 0 Å². The van der Waals surface area contributed by atoms with Crippen molar-refractivity contribution < 1.29 is 19.1 Å². The number of quaternary nitrogens is 1. The Labute approximate surface area is 174 Å². The van der Waals surface area contributed by atoms with Crippen LogP contribution in [0.4, 0.5) is 0 Å². The molecular weight excluding hydrogens is 362 g/mol. The third-order valence-corrected chi connectivity index (χ3v) is 7.60. The average molecular weight is 397 g/mol. The molecule has 2 bridgehead atoms. The lowest BCUT2D eigenvalue weighted by Crippen LogP contribution is -2.55.